The lowest BCUT2D eigenvalue weighted by atomic mass is 9.81. The van der Waals surface area contributed by atoms with E-state index in [0.29, 0.717) is 6.04 Å². The second kappa shape index (κ2) is 6.26. The van der Waals surface area contributed by atoms with Gasteiger partial charge in [-0.1, -0.05) is 25.5 Å². The first-order valence-electron chi connectivity index (χ1n) is 8.24. The SMILES string of the molecule is CCCNC(Cc1ccc(F)cc1)C1CC2CCC1C2. The van der Waals surface area contributed by atoms with Crippen molar-refractivity contribution in [3.8, 4) is 0 Å². The van der Waals surface area contributed by atoms with Crippen molar-refractivity contribution < 1.29 is 4.39 Å². The van der Waals surface area contributed by atoms with Gasteiger partial charge in [0.1, 0.15) is 5.82 Å². The van der Waals surface area contributed by atoms with E-state index in [9.17, 15) is 4.39 Å². The van der Waals surface area contributed by atoms with E-state index in [1.54, 1.807) is 12.1 Å². The van der Waals surface area contributed by atoms with Crippen LogP contribution in [0.5, 0.6) is 0 Å². The largest absolute Gasteiger partial charge is 0.313 e. The fourth-order valence-corrected chi connectivity index (χ4v) is 4.37. The Morgan fingerprint density at radius 2 is 2.00 bits per heavy atom. The van der Waals surface area contributed by atoms with Gasteiger partial charge in [0.25, 0.3) is 0 Å². The fourth-order valence-electron chi connectivity index (χ4n) is 4.37. The van der Waals surface area contributed by atoms with Crippen molar-refractivity contribution in [1.82, 2.24) is 5.32 Å². The average Bonchev–Trinajstić information content (AvgIpc) is 3.08. The Morgan fingerprint density at radius 3 is 2.60 bits per heavy atom. The lowest BCUT2D eigenvalue weighted by Gasteiger charge is -2.31. The monoisotopic (exact) mass is 275 g/mol. The molecule has 1 aromatic rings. The summed E-state index contributed by atoms with van der Waals surface area (Å²) in [6.45, 7) is 3.32. The molecule has 2 heteroatoms. The van der Waals surface area contributed by atoms with Crippen molar-refractivity contribution >= 4 is 0 Å². The Morgan fingerprint density at radius 1 is 1.20 bits per heavy atom. The van der Waals surface area contributed by atoms with E-state index in [0.717, 1.165) is 30.7 Å². The van der Waals surface area contributed by atoms with Gasteiger partial charge in [-0.2, -0.15) is 0 Å². The summed E-state index contributed by atoms with van der Waals surface area (Å²) < 4.78 is 13.0. The van der Waals surface area contributed by atoms with Crippen molar-refractivity contribution in [3.05, 3.63) is 35.6 Å². The van der Waals surface area contributed by atoms with Gasteiger partial charge in [0.15, 0.2) is 0 Å². The highest BCUT2D eigenvalue weighted by Crippen LogP contribution is 2.49. The lowest BCUT2D eigenvalue weighted by Crippen LogP contribution is -2.40. The van der Waals surface area contributed by atoms with Crippen LogP contribution in [0.2, 0.25) is 0 Å². The van der Waals surface area contributed by atoms with Crippen molar-refractivity contribution in [2.45, 2.75) is 51.5 Å². The molecule has 4 unspecified atom stereocenters. The number of hydrogen-bond donors (Lipinski definition) is 1. The van der Waals surface area contributed by atoms with E-state index in [4.69, 9.17) is 0 Å². The molecule has 1 N–H and O–H groups in total. The molecule has 0 spiro atoms. The highest BCUT2D eigenvalue weighted by molar-refractivity contribution is 5.18. The zero-order valence-electron chi connectivity index (χ0n) is 12.4. The normalized spacial score (nSPS) is 29.8. The second-order valence-corrected chi connectivity index (χ2v) is 6.73. The molecule has 1 nitrogen and oxygen atoms in total. The molecule has 1 aromatic carbocycles. The summed E-state index contributed by atoms with van der Waals surface area (Å²) in [7, 11) is 0. The van der Waals surface area contributed by atoms with Crippen LogP contribution in [0.3, 0.4) is 0 Å². The van der Waals surface area contributed by atoms with Crippen molar-refractivity contribution in [2.75, 3.05) is 6.54 Å². The Bertz CT molecular complexity index is 428. The quantitative estimate of drug-likeness (QED) is 0.821. The molecule has 2 aliphatic carbocycles. The molecular weight excluding hydrogens is 249 g/mol. The Labute approximate surface area is 122 Å². The summed E-state index contributed by atoms with van der Waals surface area (Å²) in [6, 6.07) is 7.66. The molecule has 0 radical (unpaired) electrons. The third-order valence-corrected chi connectivity index (χ3v) is 5.34. The molecular formula is C18H26FN. The zero-order chi connectivity index (χ0) is 13.9. The van der Waals surface area contributed by atoms with Crippen molar-refractivity contribution in [2.24, 2.45) is 17.8 Å². The number of hydrogen-bond acceptors (Lipinski definition) is 1. The lowest BCUT2D eigenvalue weighted by molar-refractivity contribution is 0.247. The molecule has 0 aromatic heterocycles. The van der Waals surface area contributed by atoms with E-state index in [1.165, 1.54) is 37.7 Å². The molecule has 3 rings (SSSR count). The van der Waals surface area contributed by atoms with Gasteiger partial charge < -0.3 is 5.32 Å². The molecule has 2 aliphatic rings. The van der Waals surface area contributed by atoms with E-state index in [-0.39, 0.29) is 5.82 Å². The van der Waals surface area contributed by atoms with Crippen molar-refractivity contribution in [1.29, 1.82) is 0 Å². The van der Waals surface area contributed by atoms with Crippen LogP contribution in [0.4, 0.5) is 4.39 Å². The van der Waals surface area contributed by atoms with Gasteiger partial charge in [0.2, 0.25) is 0 Å². The molecule has 0 saturated heterocycles. The van der Waals surface area contributed by atoms with Gasteiger partial charge in [-0.15, -0.1) is 0 Å². The third-order valence-electron chi connectivity index (χ3n) is 5.34. The first-order chi connectivity index (χ1) is 9.76. The van der Waals surface area contributed by atoms with E-state index < -0.39 is 0 Å². The molecule has 0 aliphatic heterocycles. The maximum Gasteiger partial charge on any atom is 0.123 e. The number of rotatable bonds is 6. The van der Waals surface area contributed by atoms with E-state index in [2.05, 4.69) is 12.2 Å². The first-order valence-corrected chi connectivity index (χ1v) is 8.24. The minimum absolute atomic E-state index is 0.133. The topological polar surface area (TPSA) is 12.0 Å². The number of fused-ring (bicyclic) bond motifs is 2. The molecule has 110 valence electrons. The van der Waals surface area contributed by atoms with E-state index in [1.807, 2.05) is 12.1 Å². The van der Waals surface area contributed by atoms with Gasteiger partial charge >= 0.3 is 0 Å². The molecule has 0 heterocycles. The average molecular weight is 275 g/mol. The maximum atomic E-state index is 13.0. The first kappa shape index (κ1) is 14.1. The van der Waals surface area contributed by atoms with E-state index >= 15 is 0 Å². The summed E-state index contributed by atoms with van der Waals surface area (Å²) in [5.41, 5.74) is 1.27. The summed E-state index contributed by atoms with van der Waals surface area (Å²) in [5, 5.41) is 3.77. The van der Waals surface area contributed by atoms with Gasteiger partial charge in [0, 0.05) is 6.04 Å². The Kier molecular flexibility index (Phi) is 4.40. The van der Waals surface area contributed by atoms with Crippen LogP contribution in [0.15, 0.2) is 24.3 Å². The number of halogens is 1. The van der Waals surface area contributed by atoms with Crippen LogP contribution >= 0.6 is 0 Å². The van der Waals surface area contributed by atoms with Gasteiger partial charge in [-0.25, -0.2) is 4.39 Å². The predicted octanol–water partition coefficient (Wildman–Crippen LogP) is 4.17. The molecule has 20 heavy (non-hydrogen) atoms. The van der Waals surface area contributed by atoms with Crippen LogP contribution in [0, 0.1) is 23.6 Å². The standard InChI is InChI=1S/C18H26FN/c1-2-9-20-18(12-13-4-7-16(19)8-5-13)17-11-14-3-6-15(17)10-14/h4-5,7-8,14-15,17-18,20H,2-3,6,9-12H2,1H3. The summed E-state index contributed by atoms with van der Waals surface area (Å²) in [4.78, 5) is 0. The van der Waals surface area contributed by atoms with Crippen molar-refractivity contribution in [3.63, 3.8) is 0 Å². The predicted molar refractivity (Wildman–Crippen MR) is 81.1 cm³/mol. The van der Waals surface area contributed by atoms with Gasteiger partial charge in [0.05, 0.1) is 0 Å². The minimum Gasteiger partial charge on any atom is -0.313 e. The third kappa shape index (κ3) is 3.06. The van der Waals surface area contributed by atoms with Crippen LogP contribution in [-0.2, 0) is 6.42 Å². The zero-order valence-corrected chi connectivity index (χ0v) is 12.4. The minimum atomic E-state index is -0.133. The second-order valence-electron chi connectivity index (χ2n) is 6.73. The molecule has 2 fully saturated rings. The van der Waals surface area contributed by atoms with Crippen LogP contribution in [-0.4, -0.2) is 12.6 Å². The molecule has 2 bridgehead atoms. The summed E-state index contributed by atoms with van der Waals surface area (Å²) in [6.07, 6.45) is 7.99. The van der Waals surface area contributed by atoms with Crippen LogP contribution in [0.25, 0.3) is 0 Å². The van der Waals surface area contributed by atoms with Gasteiger partial charge in [-0.3, -0.25) is 0 Å². The highest BCUT2D eigenvalue weighted by Gasteiger charge is 2.42. The Balaban J connectivity index is 1.67. The van der Waals surface area contributed by atoms with Crippen LogP contribution < -0.4 is 5.32 Å². The molecule has 4 atom stereocenters. The Hall–Kier alpha value is -0.890. The summed E-state index contributed by atoms with van der Waals surface area (Å²) in [5.74, 6) is 2.64. The number of benzene rings is 1. The molecule has 0 amide bonds. The fraction of sp³-hybridized carbons (Fsp3) is 0.667. The van der Waals surface area contributed by atoms with Gasteiger partial charge in [-0.05, 0) is 74.1 Å². The maximum absolute atomic E-state index is 13.0. The number of nitrogens with one attached hydrogen (secondary N) is 1. The smallest absolute Gasteiger partial charge is 0.123 e. The highest BCUT2D eigenvalue weighted by atomic mass is 19.1. The molecule has 2 saturated carbocycles. The summed E-state index contributed by atoms with van der Waals surface area (Å²) >= 11 is 0. The van der Waals surface area contributed by atoms with Crippen LogP contribution in [0.1, 0.15) is 44.6 Å².